The molecule has 1 aromatic heterocycles. The minimum absolute atomic E-state index is 0.0789. The highest BCUT2D eigenvalue weighted by Crippen LogP contribution is 2.11. The number of urea groups is 1. The van der Waals surface area contributed by atoms with Crippen LogP contribution in [0.15, 0.2) is 18.3 Å². The number of nitrogens with two attached hydrogens (primary N) is 1. The van der Waals surface area contributed by atoms with Crippen LogP contribution < -0.4 is 11.1 Å². The summed E-state index contributed by atoms with van der Waals surface area (Å²) >= 11 is 0. The fraction of sp³-hybridized carbons (Fsp3) is 0.400. The number of carbonyl (C=O) groups is 1. The molecule has 1 aliphatic rings. The number of nitrogens with zero attached hydrogens (tertiary/aromatic N) is 2. The number of hydrogen-bond acceptors (Lipinski definition) is 3. The van der Waals surface area contributed by atoms with Crippen LogP contribution in [0.4, 0.5) is 16.3 Å². The van der Waals surface area contributed by atoms with E-state index in [2.05, 4.69) is 10.3 Å². The van der Waals surface area contributed by atoms with Crippen LogP contribution in [0.5, 0.6) is 0 Å². The lowest BCUT2D eigenvalue weighted by Crippen LogP contribution is -2.32. The molecule has 0 aromatic carbocycles. The van der Waals surface area contributed by atoms with Crippen molar-refractivity contribution in [3.05, 3.63) is 18.3 Å². The monoisotopic (exact) mass is 206 g/mol. The van der Waals surface area contributed by atoms with E-state index < -0.39 is 0 Å². The normalized spacial score (nSPS) is 15.3. The molecular formula is C10H14N4O. The van der Waals surface area contributed by atoms with Gasteiger partial charge in [-0.25, -0.2) is 9.78 Å². The second kappa shape index (κ2) is 4.16. The van der Waals surface area contributed by atoms with Crippen molar-refractivity contribution in [1.29, 1.82) is 0 Å². The summed E-state index contributed by atoms with van der Waals surface area (Å²) in [5, 5.41) is 2.73. The highest BCUT2D eigenvalue weighted by molar-refractivity contribution is 5.88. The number of hydrogen-bond donors (Lipinski definition) is 2. The Morgan fingerprint density at radius 3 is 2.73 bits per heavy atom. The Morgan fingerprint density at radius 1 is 1.40 bits per heavy atom. The molecule has 0 atom stereocenters. The van der Waals surface area contributed by atoms with Gasteiger partial charge in [-0.2, -0.15) is 0 Å². The number of likely N-dealkylation sites (tertiary alicyclic amines) is 1. The first kappa shape index (κ1) is 9.76. The van der Waals surface area contributed by atoms with Crippen LogP contribution in [0.25, 0.3) is 0 Å². The number of nitrogen functional groups attached to an aromatic ring is 1. The Balaban J connectivity index is 1.96. The third-order valence-electron chi connectivity index (χ3n) is 2.41. The van der Waals surface area contributed by atoms with Gasteiger partial charge < -0.3 is 10.6 Å². The van der Waals surface area contributed by atoms with Gasteiger partial charge in [0.2, 0.25) is 0 Å². The fourth-order valence-electron chi connectivity index (χ4n) is 1.59. The fourth-order valence-corrected chi connectivity index (χ4v) is 1.59. The van der Waals surface area contributed by atoms with Crippen molar-refractivity contribution in [2.24, 2.45) is 0 Å². The molecular weight excluding hydrogens is 192 g/mol. The van der Waals surface area contributed by atoms with E-state index in [4.69, 9.17) is 5.73 Å². The molecule has 0 aliphatic carbocycles. The molecule has 0 unspecified atom stereocenters. The van der Waals surface area contributed by atoms with Crippen molar-refractivity contribution in [1.82, 2.24) is 9.88 Å². The lowest BCUT2D eigenvalue weighted by molar-refractivity contribution is 0.222. The van der Waals surface area contributed by atoms with Crippen LogP contribution in [0.2, 0.25) is 0 Å². The van der Waals surface area contributed by atoms with Gasteiger partial charge in [0.05, 0.1) is 11.9 Å². The number of aromatic nitrogens is 1. The molecule has 1 fully saturated rings. The summed E-state index contributed by atoms with van der Waals surface area (Å²) in [7, 11) is 0. The average Bonchev–Trinajstić information content (AvgIpc) is 2.74. The van der Waals surface area contributed by atoms with Gasteiger partial charge in [0.1, 0.15) is 5.82 Å². The van der Waals surface area contributed by atoms with Gasteiger partial charge in [-0.15, -0.1) is 0 Å². The number of carbonyl (C=O) groups excluding carboxylic acids is 1. The third-order valence-corrected chi connectivity index (χ3v) is 2.41. The molecule has 2 rings (SSSR count). The summed E-state index contributed by atoms with van der Waals surface area (Å²) in [6, 6.07) is 3.33. The molecule has 1 aromatic rings. The number of nitrogens with one attached hydrogen (secondary N) is 1. The smallest absolute Gasteiger partial charge is 0.323 e. The SMILES string of the molecule is Nc1ccc(NC(=O)N2CCCC2)nc1. The van der Waals surface area contributed by atoms with Crippen LogP contribution in [0.3, 0.4) is 0 Å². The van der Waals surface area contributed by atoms with Crippen molar-refractivity contribution >= 4 is 17.5 Å². The van der Waals surface area contributed by atoms with Crippen molar-refractivity contribution in [2.45, 2.75) is 12.8 Å². The van der Waals surface area contributed by atoms with Gasteiger partial charge >= 0.3 is 6.03 Å². The maximum absolute atomic E-state index is 11.6. The maximum Gasteiger partial charge on any atom is 0.323 e. The molecule has 0 saturated carbocycles. The Hall–Kier alpha value is -1.78. The average molecular weight is 206 g/mol. The van der Waals surface area contributed by atoms with Gasteiger partial charge in [0.25, 0.3) is 0 Å². The molecule has 1 saturated heterocycles. The molecule has 80 valence electrons. The maximum atomic E-state index is 11.6. The molecule has 0 bridgehead atoms. The Bertz CT molecular complexity index is 343. The number of anilines is 2. The van der Waals surface area contributed by atoms with Crippen LogP contribution >= 0.6 is 0 Å². The first-order valence-electron chi connectivity index (χ1n) is 5.03. The topological polar surface area (TPSA) is 71.2 Å². The van der Waals surface area contributed by atoms with Crippen molar-refractivity contribution in [2.75, 3.05) is 24.1 Å². The lowest BCUT2D eigenvalue weighted by Gasteiger charge is -2.15. The largest absolute Gasteiger partial charge is 0.397 e. The second-order valence-corrected chi connectivity index (χ2v) is 3.60. The Morgan fingerprint density at radius 2 is 2.13 bits per heavy atom. The number of rotatable bonds is 1. The number of pyridine rings is 1. The van der Waals surface area contributed by atoms with Crippen molar-refractivity contribution in [3.8, 4) is 0 Å². The van der Waals surface area contributed by atoms with Crippen LogP contribution in [-0.4, -0.2) is 29.0 Å². The summed E-state index contributed by atoms with van der Waals surface area (Å²) in [5.74, 6) is 0.543. The third kappa shape index (κ3) is 2.37. The van der Waals surface area contributed by atoms with E-state index in [9.17, 15) is 4.79 Å². The molecule has 1 aliphatic heterocycles. The van der Waals surface area contributed by atoms with Gasteiger partial charge in [-0.3, -0.25) is 5.32 Å². The standard InChI is InChI=1S/C10H14N4O/c11-8-3-4-9(12-7-8)13-10(15)14-5-1-2-6-14/h3-4,7H,1-2,5-6,11H2,(H,12,13,15). The first-order chi connectivity index (χ1) is 7.25. The molecule has 0 spiro atoms. The molecule has 3 N–H and O–H groups in total. The van der Waals surface area contributed by atoms with Gasteiger partial charge in [0.15, 0.2) is 0 Å². The minimum Gasteiger partial charge on any atom is -0.397 e. The molecule has 2 heterocycles. The highest BCUT2D eigenvalue weighted by Gasteiger charge is 2.17. The van der Waals surface area contributed by atoms with Crippen LogP contribution in [0, 0.1) is 0 Å². The Kier molecular flexibility index (Phi) is 2.71. The summed E-state index contributed by atoms with van der Waals surface area (Å²) in [4.78, 5) is 17.4. The predicted molar refractivity (Wildman–Crippen MR) is 58.5 cm³/mol. The predicted octanol–water partition coefficient (Wildman–Crippen LogP) is 1.29. The number of amides is 2. The van der Waals surface area contributed by atoms with Crippen LogP contribution in [-0.2, 0) is 0 Å². The summed E-state index contributed by atoms with van der Waals surface area (Å²) in [6.07, 6.45) is 3.70. The highest BCUT2D eigenvalue weighted by atomic mass is 16.2. The van der Waals surface area contributed by atoms with E-state index in [0.29, 0.717) is 11.5 Å². The van der Waals surface area contributed by atoms with E-state index in [0.717, 1.165) is 25.9 Å². The lowest BCUT2D eigenvalue weighted by atomic mass is 10.4. The van der Waals surface area contributed by atoms with Crippen molar-refractivity contribution < 1.29 is 4.79 Å². The van der Waals surface area contributed by atoms with Gasteiger partial charge in [-0.1, -0.05) is 0 Å². The molecule has 5 nitrogen and oxygen atoms in total. The molecule has 0 radical (unpaired) electrons. The van der Waals surface area contributed by atoms with E-state index in [1.54, 1.807) is 17.0 Å². The first-order valence-corrected chi connectivity index (χ1v) is 5.03. The van der Waals surface area contributed by atoms with Crippen LogP contribution in [0.1, 0.15) is 12.8 Å². The molecule has 5 heteroatoms. The van der Waals surface area contributed by atoms with E-state index in [-0.39, 0.29) is 6.03 Å². The van der Waals surface area contributed by atoms with Crippen molar-refractivity contribution in [3.63, 3.8) is 0 Å². The van der Waals surface area contributed by atoms with E-state index in [1.165, 1.54) is 6.20 Å². The second-order valence-electron chi connectivity index (χ2n) is 3.60. The molecule has 15 heavy (non-hydrogen) atoms. The zero-order valence-corrected chi connectivity index (χ0v) is 8.44. The van der Waals surface area contributed by atoms with Gasteiger partial charge in [-0.05, 0) is 25.0 Å². The zero-order chi connectivity index (χ0) is 10.7. The summed E-state index contributed by atoms with van der Waals surface area (Å²) in [6.45, 7) is 1.67. The quantitative estimate of drug-likeness (QED) is 0.727. The minimum atomic E-state index is -0.0789. The van der Waals surface area contributed by atoms with E-state index in [1.807, 2.05) is 0 Å². The Labute approximate surface area is 88.3 Å². The summed E-state index contributed by atoms with van der Waals surface area (Å²) in [5.41, 5.74) is 6.09. The van der Waals surface area contributed by atoms with E-state index >= 15 is 0 Å². The van der Waals surface area contributed by atoms with Gasteiger partial charge in [0, 0.05) is 13.1 Å². The zero-order valence-electron chi connectivity index (χ0n) is 8.44. The molecule has 2 amide bonds. The summed E-state index contributed by atoms with van der Waals surface area (Å²) < 4.78 is 0.